The summed E-state index contributed by atoms with van der Waals surface area (Å²) in [7, 11) is 8.30. The summed E-state index contributed by atoms with van der Waals surface area (Å²) in [5.74, 6) is 1.45. The van der Waals surface area contributed by atoms with Crippen LogP contribution in [-0.2, 0) is 6.54 Å². The average Bonchev–Trinajstić information content (AvgIpc) is 2.79. The highest BCUT2D eigenvalue weighted by Crippen LogP contribution is 2.23. The molecule has 0 bridgehead atoms. The van der Waals surface area contributed by atoms with Gasteiger partial charge in [-0.3, -0.25) is 0 Å². The number of nitrogens with two attached hydrogens (primary N) is 1. The van der Waals surface area contributed by atoms with Crippen LogP contribution in [0.1, 0.15) is 12.8 Å². The van der Waals surface area contributed by atoms with Crippen LogP contribution >= 0.6 is 0 Å². The molecule has 0 aliphatic heterocycles. The Balaban J connectivity index is 2.04. The number of rotatable bonds is 9. The molecule has 1 aromatic carbocycles. The van der Waals surface area contributed by atoms with Crippen molar-refractivity contribution in [2.75, 3.05) is 53.6 Å². The summed E-state index contributed by atoms with van der Waals surface area (Å²) in [5, 5.41) is 0. The van der Waals surface area contributed by atoms with E-state index in [-0.39, 0.29) is 0 Å². The van der Waals surface area contributed by atoms with Crippen LogP contribution in [0.5, 0.6) is 5.75 Å². The van der Waals surface area contributed by atoms with Gasteiger partial charge in [0.2, 0.25) is 5.95 Å². The molecule has 0 fully saturated rings. The van der Waals surface area contributed by atoms with Crippen LogP contribution in [0.4, 0.5) is 5.95 Å². The van der Waals surface area contributed by atoms with Gasteiger partial charge in [0.05, 0.1) is 17.6 Å². The highest BCUT2D eigenvalue weighted by molar-refractivity contribution is 5.79. The van der Waals surface area contributed by atoms with Crippen LogP contribution in [0.3, 0.4) is 0 Å². The molecule has 0 amide bonds. The minimum absolute atomic E-state index is 0.573. The molecule has 6 heteroatoms. The molecule has 23 heavy (non-hydrogen) atoms. The van der Waals surface area contributed by atoms with Gasteiger partial charge in [0.1, 0.15) is 5.75 Å². The Kier molecular flexibility index (Phi) is 6.24. The van der Waals surface area contributed by atoms with E-state index in [4.69, 9.17) is 10.5 Å². The summed E-state index contributed by atoms with van der Waals surface area (Å²) in [6, 6.07) is 5.99. The quantitative estimate of drug-likeness (QED) is 0.715. The van der Waals surface area contributed by atoms with Crippen molar-refractivity contribution in [2.24, 2.45) is 0 Å². The summed E-state index contributed by atoms with van der Waals surface area (Å²) in [6.45, 7) is 3.63. The van der Waals surface area contributed by atoms with Crippen molar-refractivity contribution in [1.29, 1.82) is 0 Å². The lowest BCUT2D eigenvalue weighted by molar-refractivity contribution is 0.282. The Hall–Kier alpha value is -1.79. The highest BCUT2D eigenvalue weighted by atomic mass is 16.5. The maximum atomic E-state index is 6.07. The second-order valence-electron chi connectivity index (χ2n) is 6.43. The van der Waals surface area contributed by atoms with E-state index in [0.717, 1.165) is 49.3 Å². The third-order valence-electron chi connectivity index (χ3n) is 3.75. The molecule has 2 rings (SSSR count). The van der Waals surface area contributed by atoms with Crippen molar-refractivity contribution in [3.05, 3.63) is 18.2 Å². The zero-order chi connectivity index (χ0) is 16.8. The summed E-state index contributed by atoms with van der Waals surface area (Å²) < 4.78 is 7.93. The molecule has 6 nitrogen and oxygen atoms in total. The third kappa shape index (κ3) is 5.11. The Morgan fingerprint density at radius 2 is 1.78 bits per heavy atom. The monoisotopic (exact) mass is 319 g/mol. The lowest BCUT2D eigenvalue weighted by Gasteiger charge is -2.12. The average molecular weight is 319 g/mol. The van der Waals surface area contributed by atoms with Crippen molar-refractivity contribution >= 4 is 17.0 Å². The molecule has 2 aromatic rings. The van der Waals surface area contributed by atoms with Gasteiger partial charge in [-0.1, -0.05) is 0 Å². The van der Waals surface area contributed by atoms with Gasteiger partial charge in [-0.15, -0.1) is 0 Å². The number of imidazole rings is 1. The molecule has 0 radical (unpaired) electrons. The molecular formula is C17H29N5O. The van der Waals surface area contributed by atoms with Gasteiger partial charge >= 0.3 is 0 Å². The van der Waals surface area contributed by atoms with Crippen LogP contribution in [0, 0.1) is 0 Å². The van der Waals surface area contributed by atoms with E-state index in [2.05, 4.69) is 47.5 Å². The molecule has 128 valence electrons. The SMILES string of the molecule is CN(C)CCCOc1ccc2nc(N)n(CCCN(C)C)c2c1. The summed E-state index contributed by atoms with van der Waals surface area (Å²) in [5.41, 5.74) is 8.04. The van der Waals surface area contributed by atoms with Gasteiger partial charge in [-0.05, 0) is 59.7 Å². The standard InChI is InChI=1S/C17H29N5O/c1-20(2)9-5-11-22-16-13-14(23-12-6-10-21(3)4)7-8-15(16)19-17(22)18/h7-8,13H,5-6,9-12H2,1-4H3,(H2,18,19). The molecule has 0 aliphatic rings. The zero-order valence-corrected chi connectivity index (χ0v) is 14.7. The Bertz CT molecular complexity index is 621. The Morgan fingerprint density at radius 3 is 2.48 bits per heavy atom. The van der Waals surface area contributed by atoms with Crippen molar-refractivity contribution in [1.82, 2.24) is 19.4 Å². The van der Waals surface area contributed by atoms with E-state index < -0.39 is 0 Å². The second kappa shape index (κ2) is 8.17. The number of aromatic nitrogens is 2. The van der Waals surface area contributed by atoms with Crippen LogP contribution in [0.25, 0.3) is 11.0 Å². The largest absolute Gasteiger partial charge is 0.493 e. The number of ether oxygens (including phenoxy) is 1. The van der Waals surface area contributed by atoms with E-state index in [1.807, 2.05) is 18.2 Å². The smallest absolute Gasteiger partial charge is 0.201 e. The first-order valence-electron chi connectivity index (χ1n) is 8.15. The number of hydrogen-bond acceptors (Lipinski definition) is 5. The van der Waals surface area contributed by atoms with E-state index in [0.29, 0.717) is 12.6 Å². The topological polar surface area (TPSA) is 59.5 Å². The normalized spacial score (nSPS) is 11.7. The number of hydrogen-bond donors (Lipinski definition) is 1. The fraction of sp³-hybridized carbons (Fsp3) is 0.588. The third-order valence-corrected chi connectivity index (χ3v) is 3.75. The number of aryl methyl sites for hydroxylation is 1. The van der Waals surface area contributed by atoms with E-state index in [1.165, 1.54) is 0 Å². The van der Waals surface area contributed by atoms with Gasteiger partial charge in [0.15, 0.2) is 0 Å². The molecule has 0 saturated carbocycles. The van der Waals surface area contributed by atoms with Crippen LogP contribution in [0.15, 0.2) is 18.2 Å². The van der Waals surface area contributed by atoms with Crippen molar-refractivity contribution in [2.45, 2.75) is 19.4 Å². The lowest BCUT2D eigenvalue weighted by Crippen LogP contribution is -2.16. The van der Waals surface area contributed by atoms with Gasteiger partial charge in [-0.25, -0.2) is 4.98 Å². The van der Waals surface area contributed by atoms with Gasteiger partial charge < -0.3 is 24.8 Å². The highest BCUT2D eigenvalue weighted by Gasteiger charge is 2.09. The summed E-state index contributed by atoms with van der Waals surface area (Å²) in [4.78, 5) is 8.77. The Morgan fingerprint density at radius 1 is 1.09 bits per heavy atom. The first kappa shape index (κ1) is 17.6. The Labute approximate surface area is 138 Å². The second-order valence-corrected chi connectivity index (χ2v) is 6.43. The van der Waals surface area contributed by atoms with E-state index in [1.54, 1.807) is 0 Å². The molecule has 0 unspecified atom stereocenters. The van der Waals surface area contributed by atoms with Crippen molar-refractivity contribution in [3.8, 4) is 5.75 Å². The minimum atomic E-state index is 0.573. The molecule has 1 aromatic heterocycles. The van der Waals surface area contributed by atoms with Crippen molar-refractivity contribution < 1.29 is 4.74 Å². The molecule has 0 spiro atoms. The van der Waals surface area contributed by atoms with Crippen LogP contribution in [0.2, 0.25) is 0 Å². The summed E-state index contributed by atoms with van der Waals surface area (Å²) >= 11 is 0. The maximum absolute atomic E-state index is 6.07. The van der Waals surface area contributed by atoms with E-state index in [9.17, 15) is 0 Å². The predicted molar refractivity (Wildman–Crippen MR) is 96.0 cm³/mol. The number of nitrogen functional groups attached to an aromatic ring is 1. The first-order chi connectivity index (χ1) is 11.0. The lowest BCUT2D eigenvalue weighted by atomic mass is 10.3. The minimum Gasteiger partial charge on any atom is -0.493 e. The van der Waals surface area contributed by atoms with Gasteiger partial charge in [0.25, 0.3) is 0 Å². The van der Waals surface area contributed by atoms with Crippen LogP contribution < -0.4 is 10.5 Å². The number of benzene rings is 1. The van der Waals surface area contributed by atoms with Crippen molar-refractivity contribution in [3.63, 3.8) is 0 Å². The van der Waals surface area contributed by atoms with Gasteiger partial charge in [-0.2, -0.15) is 0 Å². The number of fused-ring (bicyclic) bond motifs is 1. The van der Waals surface area contributed by atoms with Gasteiger partial charge in [0, 0.05) is 19.2 Å². The molecule has 0 saturated heterocycles. The summed E-state index contributed by atoms with van der Waals surface area (Å²) in [6.07, 6.45) is 2.05. The number of anilines is 1. The molecule has 0 aliphatic carbocycles. The zero-order valence-electron chi connectivity index (χ0n) is 14.7. The van der Waals surface area contributed by atoms with Crippen LogP contribution in [-0.4, -0.2) is 67.2 Å². The maximum Gasteiger partial charge on any atom is 0.201 e. The predicted octanol–water partition coefficient (Wildman–Crippen LogP) is 1.90. The molecule has 2 N–H and O–H groups in total. The van der Waals surface area contributed by atoms with E-state index >= 15 is 0 Å². The molecule has 0 atom stereocenters. The molecule has 1 heterocycles. The number of nitrogens with zero attached hydrogens (tertiary/aromatic N) is 4. The first-order valence-corrected chi connectivity index (χ1v) is 8.15. The fourth-order valence-corrected chi connectivity index (χ4v) is 2.56. The molecular weight excluding hydrogens is 290 g/mol. The fourth-order valence-electron chi connectivity index (χ4n) is 2.56.